The number of carbonyl (C=O) groups is 1. The first kappa shape index (κ1) is 23.7. The van der Waals surface area contributed by atoms with E-state index in [4.69, 9.17) is 14.7 Å². The number of carbonyl (C=O) groups excluding carboxylic acids is 1. The number of nitrogens with zero attached hydrogens (tertiary/aromatic N) is 6. The van der Waals surface area contributed by atoms with Gasteiger partial charge in [-0.3, -0.25) is 14.9 Å². The Kier molecular flexibility index (Phi) is 6.20. The van der Waals surface area contributed by atoms with Crippen molar-refractivity contribution in [1.29, 1.82) is 0 Å². The Morgan fingerprint density at radius 3 is 2.82 bits per heavy atom. The number of aromatic nitrogens is 4. The van der Waals surface area contributed by atoms with Gasteiger partial charge in [-0.1, -0.05) is 24.8 Å². The Bertz CT molecular complexity index is 1600. The predicted octanol–water partition coefficient (Wildman–Crippen LogP) is 4.21. The minimum atomic E-state index is -0.0509. The number of fused-ring (bicyclic) bond motifs is 2. The number of ether oxygens (including phenoxy) is 1. The van der Waals surface area contributed by atoms with E-state index in [1.807, 2.05) is 49.5 Å². The summed E-state index contributed by atoms with van der Waals surface area (Å²) in [6.45, 7) is 8.68. The van der Waals surface area contributed by atoms with E-state index in [1.165, 1.54) is 6.08 Å². The number of hydrogen-bond donors (Lipinski definition) is 2. The molecule has 0 unspecified atom stereocenters. The largest absolute Gasteiger partial charge is 0.454 e. The van der Waals surface area contributed by atoms with Gasteiger partial charge >= 0.3 is 0 Å². The van der Waals surface area contributed by atoms with Gasteiger partial charge in [-0.15, -0.1) is 0 Å². The van der Waals surface area contributed by atoms with Gasteiger partial charge < -0.3 is 19.9 Å². The van der Waals surface area contributed by atoms with Crippen LogP contribution in [0, 0.1) is 6.92 Å². The van der Waals surface area contributed by atoms with Gasteiger partial charge in [0, 0.05) is 49.9 Å². The minimum Gasteiger partial charge on any atom is -0.454 e. The van der Waals surface area contributed by atoms with Crippen LogP contribution in [0.2, 0.25) is 0 Å². The van der Waals surface area contributed by atoms with Crippen LogP contribution in [0.5, 0.6) is 11.5 Å². The molecule has 0 atom stereocenters. The lowest BCUT2D eigenvalue weighted by atomic mass is 10.1. The highest BCUT2D eigenvalue weighted by atomic mass is 16.5. The van der Waals surface area contributed by atoms with Crippen LogP contribution in [0.4, 0.5) is 11.8 Å². The highest BCUT2D eigenvalue weighted by Crippen LogP contribution is 2.37. The summed E-state index contributed by atoms with van der Waals surface area (Å²) >= 11 is 0. The van der Waals surface area contributed by atoms with Gasteiger partial charge in [0.2, 0.25) is 11.9 Å². The summed E-state index contributed by atoms with van der Waals surface area (Å²) in [4.78, 5) is 30.3. The van der Waals surface area contributed by atoms with Crippen molar-refractivity contribution in [2.75, 3.05) is 42.9 Å². The molecule has 192 valence electrons. The molecule has 2 N–H and O–H groups in total. The molecule has 0 bridgehead atoms. The topological polar surface area (TPSA) is 112 Å². The number of para-hydroxylation sites is 1. The highest BCUT2D eigenvalue weighted by molar-refractivity contribution is 5.96. The van der Waals surface area contributed by atoms with Gasteiger partial charge in [0.25, 0.3) is 0 Å². The third kappa shape index (κ3) is 4.45. The predicted molar refractivity (Wildman–Crippen MR) is 149 cm³/mol. The van der Waals surface area contributed by atoms with Gasteiger partial charge in [0.05, 0.1) is 23.6 Å². The van der Waals surface area contributed by atoms with Crippen LogP contribution in [0.15, 0.2) is 66.5 Å². The third-order valence-corrected chi connectivity index (χ3v) is 6.89. The summed E-state index contributed by atoms with van der Waals surface area (Å²) in [5, 5.41) is 12.3. The highest BCUT2D eigenvalue weighted by Gasteiger charge is 2.24. The molecule has 2 aliphatic heterocycles. The number of aromatic amines is 1. The Morgan fingerprint density at radius 1 is 1.16 bits per heavy atom. The van der Waals surface area contributed by atoms with Gasteiger partial charge in [-0.05, 0) is 36.8 Å². The van der Waals surface area contributed by atoms with E-state index < -0.39 is 0 Å². The van der Waals surface area contributed by atoms with Crippen molar-refractivity contribution in [1.82, 2.24) is 25.1 Å². The van der Waals surface area contributed by atoms with E-state index >= 15 is 0 Å². The number of aliphatic imine (C=N–C) groups is 1. The van der Waals surface area contributed by atoms with Crippen molar-refractivity contribution in [3.63, 3.8) is 0 Å². The molecule has 10 heteroatoms. The lowest BCUT2D eigenvalue weighted by molar-refractivity contribution is -0.126. The molecule has 2 aliphatic rings. The second kappa shape index (κ2) is 9.97. The molecule has 0 spiro atoms. The van der Waals surface area contributed by atoms with Crippen molar-refractivity contribution in [2.24, 2.45) is 4.99 Å². The first-order valence-corrected chi connectivity index (χ1v) is 12.6. The van der Waals surface area contributed by atoms with Crippen molar-refractivity contribution < 1.29 is 9.53 Å². The number of amides is 1. The number of benzene rings is 2. The van der Waals surface area contributed by atoms with Crippen molar-refractivity contribution in [2.45, 2.75) is 13.3 Å². The zero-order valence-electron chi connectivity index (χ0n) is 21.1. The zero-order valence-corrected chi connectivity index (χ0v) is 21.1. The normalized spacial score (nSPS) is 15.2. The molecular formula is C28H28N8O2. The number of rotatable bonds is 7. The Labute approximate surface area is 219 Å². The summed E-state index contributed by atoms with van der Waals surface area (Å²) < 4.78 is 6.54. The number of piperazine rings is 1. The summed E-state index contributed by atoms with van der Waals surface area (Å²) in [6.07, 6.45) is 7.80. The molecule has 38 heavy (non-hydrogen) atoms. The average molecular weight is 509 g/mol. The molecule has 6 rings (SSSR count). The fraction of sp³-hybridized carbons (Fsp3) is 0.250. The number of hydrogen-bond acceptors (Lipinski definition) is 8. The summed E-state index contributed by atoms with van der Waals surface area (Å²) in [6, 6.07) is 9.90. The average Bonchev–Trinajstić information content (AvgIpc) is 3.65. The van der Waals surface area contributed by atoms with E-state index in [1.54, 1.807) is 11.1 Å². The van der Waals surface area contributed by atoms with Gasteiger partial charge in [-0.2, -0.15) is 10.1 Å². The van der Waals surface area contributed by atoms with Crippen LogP contribution in [-0.2, 0) is 4.79 Å². The van der Waals surface area contributed by atoms with Gasteiger partial charge in [0.1, 0.15) is 17.1 Å². The standard InChI is InChI=1S/C28H28N8O2/c1-3-24(37)35-12-14-36(15-13-35)27-20-7-4-8-23(38-26-18(2)9-10-22-21(26)17-31-34-22)25(20)32-28(33-27)30-16-19-6-5-11-29-19/h3-5,7-11,17H,1,6,12-16H2,2H3,(H,31,34)(H,30,32,33). The van der Waals surface area contributed by atoms with E-state index in [0.717, 1.165) is 45.6 Å². The fourth-order valence-corrected chi connectivity index (χ4v) is 4.82. The lowest BCUT2D eigenvalue weighted by Gasteiger charge is -2.35. The Balaban J connectivity index is 1.40. The maximum absolute atomic E-state index is 12.1. The summed E-state index contributed by atoms with van der Waals surface area (Å²) in [5.74, 6) is 2.62. The second-order valence-corrected chi connectivity index (χ2v) is 9.32. The molecule has 0 radical (unpaired) electrons. The lowest BCUT2D eigenvalue weighted by Crippen LogP contribution is -2.48. The summed E-state index contributed by atoms with van der Waals surface area (Å²) in [5.41, 5.74) is 3.63. The Hall–Kier alpha value is -4.73. The van der Waals surface area contributed by atoms with E-state index in [9.17, 15) is 4.79 Å². The molecule has 0 saturated carbocycles. The summed E-state index contributed by atoms with van der Waals surface area (Å²) in [7, 11) is 0. The van der Waals surface area contributed by atoms with E-state index in [-0.39, 0.29) is 5.91 Å². The van der Waals surface area contributed by atoms with Crippen LogP contribution in [0.1, 0.15) is 12.0 Å². The monoisotopic (exact) mass is 508 g/mol. The molecule has 2 aromatic carbocycles. The first-order valence-electron chi connectivity index (χ1n) is 12.6. The molecule has 0 aliphatic carbocycles. The zero-order chi connectivity index (χ0) is 26.1. The van der Waals surface area contributed by atoms with Crippen LogP contribution < -0.4 is 15.0 Å². The van der Waals surface area contributed by atoms with Crippen molar-refractivity contribution in [3.05, 3.63) is 67.0 Å². The van der Waals surface area contributed by atoms with Crippen LogP contribution in [0.3, 0.4) is 0 Å². The smallest absolute Gasteiger partial charge is 0.246 e. The molecule has 10 nitrogen and oxygen atoms in total. The molecule has 1 fully saturated rings. The first-order chi connectivity index (χ1) is 18.6. The number of anilines is 2. The number of allylic oxidation sites excluding steroid dienone is 1. The van der Waals surface area contributed by atoms with E-state index in [0.29, 0.717) is 49.9 Å². The second-order valence-electron chi connectivity index (χ2n) is 9.32. The number of nitrogens with one attached hydrogen (secondary N) is 2. The van der Waals surface area contributed by atoms with Crippen molar-refractivity contribution >= 4 is 45.2 Å². The Morgan fingerprint density at radius 2 is 2.03 bits per heavy atom. The fourth-order valence-electron chi connectivity index (χ4n) is 4.82. The van der Waals surface area contributed by atoms with Gasteiger partial charge in [-0.25, -0.2) is 4.98 Å². The maximum Gasteiger partial charge on any atom is 0.246 e. The third-order valence-electron chi connectivity index (χ3n) is 6.89. The number of H-pyrrole nitrogens is 1. The molecule has 4 aromatic rings. The van der Waals surface area contributed by atoms with E-state index in [2.05, 4.69) is 32.0 Å². The number of aryl methyl sites for hydroxylation is 1. The SMILES string of the molecule is C=CC(=O)N1CCN(c2nc(NCC3=NC=CC3)nc3c(Oc4c(C)ccc5[nH]ncc45)cccc23)CC1. The van der Waals surface area contributed by atoms with Crippen LogP contribution in [0.25, 0.3) is 21.8 Å². The minimum absolute atomic E-state index is 0.0509. The molecular weight excluding hydrogens is 480 g/mol. The van der Waals surface area contributed by atoms with Crippen molar-refractivity contribution in [3.8, 4) is 11.5 Å². The van der Waals surface area contributed by atoms with Crippen LogP contribution >= 0.6 is 0 Å². The van der Waals surface area contributed by atoms with Crippen LogP contribution in [-0.4, -0.2) is 69.4 Å². The maximum atomic E-state index is 12.1. The molecule has 2 aromatic heterocycles. The molecule has 1 amide bonds. The quantitative estimate of drug-likeness (QED) is 0.360. The molecule has 1 saturated heterocycles. The van der Waals surface area contributed by atoms with Gasteiger partial charge in [0.15, 0.2) is 5.75 Å². The molecule has 4 heterocycles.